The van der Waals surface area contributed by atoms with E-state index in [9.17, 15) is 9.90 Å². The van der Waals surface area contributed by atoms with Crippen LogP contribution in [0.4, 0.5) is 0 Å². The Kier molecular flexibility index (Phi) is 5.34. The molecular formula is C19H23NO2. The van der Waals surface area contributed by atoms with Gasteiger partial charge in [0, 0.05) is 5.56 Å². The maximum absolute atomic E-state index is 12.2. The van der Waals surface area contributed by atoms with E-state index < -0.39 is 5.60 Å². The van der Waals surface area contributed by atoms with Gasteiger partial charge in [0.1, 0.15) is 5.60 Å². The molecule has 0 fully saturated rings. The van der Waals surface area contributed by atoms with Gasteiger partial charge in [0.2, 0.25) is 0 Å². The van der Waals surface area contributed by atoms with Crippen LogP contribution in [0.25, 0.3) is 0 Å². The number of nitrogens with one attached hydrogen (secondary N) is 1. The Morgan fingerprint density at radius 1 is 1.09 bits per heavy atom. The summed E-state index contributed by atoms with van der Waals surface area (Å²) in [6.07, 6.45) is 2.11. The van der Waals surface area contributed by atoms with Crippen LogP contribution in [-0.2, 0) is 12.0 Å². The summed E-state index contributed by atoms with van der Waals surface area (Å²) in [5, 5.41) is 13.3. The van der Waals surface area contributed by atoms with E-state index in [0.717, 1.165) is 18.4 Å². The molecule has 0 aliphatic heterocycles. The molecule has 0 bridgehead atoms. The molecule has 1 atom stereocenters. The topological polar surface area (TPSA) is 49.3 Å². The maximum Gasteiger partial charge on any atom is 0.251 e. The number of hydrogen-bond acceptors (Lipinski definition) is 2. The summed E-state index contributed by atoms with van der Waals surface area (Å²) in [6.45, 7) is 4.01. The van der Waals surface area contributed by atoms with Crippen LogP contribution in [0.15, 0.2) is 54.6 Å². The second kappa shape index (κ2) is 7.23. The normalized spacial score (nSPS) is 13.4. The van der Waals surface area contributed by atoms with Crippen LogP contribution in [0.3, 0.4) is 0 Å². The number of carbonyl (C=O) groups is 1. The Morgan fingerprint density at radius 2 is 1.73 bits per heavy atom. The fourth-order valence-electron chi connectivity index (χ4n) is 2.37. The van der Waals surface area contributed by atoms with E-state index in [2.05, 4.69) is 12.2 Å². The van der Waals surface area contributed by atoms with Crippen molar-refractivity contribution >= 4 is 5.91 Å². The zero-order valence-corrected chi connectivity index (χ0v) is 13.2. The average molecular weight is 297 g/mol. The average Bonchev–Trinajstić information content (AvgIpc) is 2.54. The molecule has 0 saturated carbocycles. The molecule has 0 saturated heterocycles. The van der Waals surface area contributed by atoms with E-state index in [1.54, 1.807) is 6.92 Å². The molecule has 0 aliphatic rings. The molecule has 0 radical (unpaired) electrons. The van der Waals surface area contributed by atoms with Gasteiger partial charge >= 0.3 is 0 Å². The molecule has 2 N–H and O–H groups in total. The molecular weight excluding hydrogens is 274 g/mol. The fraction of sp³-hybridized carbons (Fsp3) is 0.316. The molecule has 0 heterocycles. The lowest BCUT2D eigenvalue weighted by atomic mass is 9.96. The first-order valence-corrected chi connectivity index (χ1v) is 7.68. The van der Waals surface area contributed by atoms with E-state index >= 15 is 0 Å². The van der Waals surface area contributed by atoms with Crippen molar-refractivity contribution < 1.29 is 9.90 Å². The van der Waals surface area contributed by atoms with Crippen molar-refractivity contribution in [3.05, 3.63) is 71.3 Å². The van der Waals surface area contributed by atoms with Gasteiger partial charge in [0.15, 0.2) is 0 Å². The minimum atomic E-state index is -1.08. The van der Waals surface area contributed by atoms with Crippen molar-refractivity contribution in [2.24, 2.45) is 0 Å². The maximum atomic E-state index is 12.2. The van der Waals surface area contributed by atoms with Crippen LogP contribution in [0.5, 0.6) is 0 Å². The smallest absolute Gasteiger partial charge is 0.251 e. The molecule has 0 aromatic heterocycles. The summed E-state index contributed by atoms with van der Waals surface area (Å²) < 4.78 is 0. The lowest BCUT2D eigenvalue weighted by Gasteiger charge is -2.24. The van der Waals surface area contributed by atoms with Crippen molar-refractivity contribution in [2.75, 3.05) is 6.54 Å². The van der Waals surface area contributed by atoms with Crippen LogP contribution in [0.2, 0.25) is 0 Å². The first-order valence-electron chi connectivity index (χ1n) is 7.68. The molecule has 3 nitrogen and oxygen atoms in total. The van der Waals surface area contributed by atoms with Crippen LogP contribution in [-0.4, -0.2) is 17.6 Å². The van der Waals surface area contributed by atoms with Gasteiger partial charge in [-0.3, -0.25) is 4.79 Å². The Balaban J connectivity index is 1.97. The molecule has 22 heavy (non-hydrogen) atoms. The third-order valence-electron chi connectivity index (χ3n) is 3.74. The molecule has 3 heteroatoms. The number of aryl methyl sites for hydroxylation is 1. The van der Waals surface area contributed by atoms with Crippen LogP contribution in [0, 0.1) is 0 Å². The highest BCUT2D eigenvalue weighted by molar-refractivity contribution is 5.94. The first-order chi connectivity index (χ1) is 10.5. The van der Waals surface area contributed by atoms with E-state index in [-0.39, 0.29) is 12.5 Å². The highest BCUT2D eigenvalue weighted by Crippen LogP contribution is 2.19. The fourth-order valence-corrected chi connectivity index (χ4v) is 2.37. The van der Waals surface area contributed by atoms with Crippen LogP contribution < -0.4 is 5.32 Å². The molecule has 1 unspecified atom stereocenters. The van der Waals surface area contributed by atoms with Crippen molar-refractivity contribution in [3.63, 3.8) is 0 Å². The molecule has 0 spiro atoms. The Morgan fingerprint density at radius 3 is 2.32 bits per heavy atom. The molecule has 0 aliphatic carbocycles. The second-order valence-corrected chi connectivity index (χ2v) is 5.77. The van der Waals surface area contributed by atoms with Gasteiger partial charge in [0.25, 0.3) is 5.91 Å². The van der Waals surface area contributed by atoms with E-state index in [1.165, 1.54) is 5.56 Å². The molecule has 2 aromatic rings. The summed E-state index contributed by atoms with van der Waals surface area (Å²) in [7, 11) is 0. The van der Waals surface area contributed by atoms with Gasteiger partial charge in [-0.25, -0.2) is 0 Å². The first kappa shape index (κ1) is 16.2. The lowest BCUT2D eigenvalue weighted by Crippen LogP contribution is -2.38. The van der Waals surface area contributed by atoms with Gasteiger partial charge in [0.05, 0.1) is 6.54 Å². The SMILES string of the molecule is CCCc1ccc(C(=O)NCC(C)(O)c2ccccc2)cc1. The van der Waals surface area contributed by atoms with E-state index in [4.69, 9.17) is 0 Å². The number of hydrogen-bond donors (Lipinski definition) is 2. The standard InChI is InChI=1S/C19H23NO2/c1-3-7-15-10-12-16(13-11-15)18(21)20-14-19(2,22)17-8-5-4-6-9-17/h4-6,8-13,22H,3,7,14H2,1-2H3,(H,20,21). The highest BCUT2D eigenvalue weighted by Gasteiger charge is 2.23. The largest absolute Gasteiger partial charge is 0.384 e. The molecule has 1 amide bonds. The van der Waals surface area contributed by atoms with Gasteiger partial charge in [-0.05, 0) is 36.6 Å². The van der Waals surface area contributed by atoms with Gasteiger partial charge < -0.3 is 10.4 Å². The third kappa shape index (κ3) is 4.18. The summed E-state index contributed by atoms with van der Waals surface area (Å²) in [5.74, 6) is -0.167. The summed E-state index contributed by atoms with van der Waals surface area (Å²) in [5.41, 5.74) is 1.55. The summed E-state index contributed by atoms with van der Waals surface area (Å²) >= 11 is 0. The Labute approximate surface area is 132 Å². The predicted molar refractivity (Wildman–Crippen MR) is 88.8 cm³/mol. The zero-order valence-electron chi connectivity index (χ0n) is 13.2. The van der Waals surface area contributed by atoms with Crippen molar-refractivity contribution in [3.8, 4) is 0 Å². The highest BCUT2D eigenvalue weighted by atomic mass is 16.3. The number of amides is 1. The van der Waals surface area contributed by atoms with Crippen LogP contribution in [0.1, 0.15) is 41.8 Å². The minimum Gasteiger partial charge on any atom is -0.384 e. The van der Waals surface area contributed by atoms with Gasteiger partial charge in [-0.2, -0.15) is 0 Å². The Hall–Kier alpha value is -2.13. The van der Waals surface area contributed by atoms with Crippen LogP contribution >= 0.6 is 0 Å². The van der Waals surface area contributed by atoms with E-state index in [0.29, 0.717) is 5.56 Å². The quantitative estimate of drug-likeness (QED) is 0.859. The monoisotopic (exact) mass is 297 g/mol. The lowest BCUT2D eigenvalue weighted by molar-refractivity contribution is 0.0526. The molecule has 2 aromatic carbocycles. The number of benzene rings is 2. The number of carbonyl (C=O) groups excluding carboxylic acids is 1. The zero-order chi connectivity index (χ0) is 16.0. The number of aliphatic hydroxyl groups is 1. The van der Waals surface area contributed by atoms with E-state index in [1.807, 2.05) is 54.6 Å². The molecule has 116 valence electrons. The Bertz CT molecular complexity index is 603. The molecule has 2 rings (SSSR count). The van der Waals surface area contributed by atoms with Crippen molar-refractivity contribution in [1.82, 2.24) is 5.32 Å². The van der Waals surface area contributed by atoms with Gasteiger partial charge in [-0.1, -0.05) is 55.8 Å². The van der Waals surface area contributed by atoms with Gasteiger partial charge in [-0.15, -0.1) is 0 Å². The van der Waals surface area contributed by atoms with Crippen molar-refractivity contribution in [1.29, 1.82) is 0 Å². The second-order valence-electron chi connectivity index (χ2n) is 5.77. The number of rotatable bonds is 6. The predicted octanol–water partition coefficient (Wildman–Crippen LogP) is 3.28. The summed E-state index contributed by atoms with van der Waals surface area (Å²) in [6, 6.07) is 17.0. The summed E-state index contributed by atoms with van der Waals surface area (Å²) in [4.78, 5) is 12.2. The minimum absolute atomic E-state index is 0.167. The third-order valence-corrected chi connectivity index (χ3v) is 3.74. The van der Waals surface area contributed by atoms with Crippen molar-refractivity contribution in [2.45, 2.75) is 32.3 Å².